The Balaban J connectivity index is 2.12. The van der Waals surface area contributed by atoms with Gasteiger partial charge in [0.05, 0.1) is 11.6 Å². The molecule has 0 bridgehead atoms. The van der Waals surface area contributed by atoms with Gasteiger partial charge in [-0.25, -0.2) is 4.39 Å². The van der Waals surface area contributed by atoms with E-state index >= 15 is 0 Å². The topological polar surface area (TPSA) is 70.1 Å². The van der Waals surface area contributed by atoms with Crippen LogP contribution < -0.4 is 10.6 Å². The summed E-state index contributed by atoms with van der Waals surface area (Å²) < 4.78 is 13.3. The molecule has 1 aromatic carbocycles. The molecule has 0 aliphatic carbocycles. The first kappa shape index (κ1) is 12.4. The van der Waals surface area contributed by atoms with Crippen LogP contribution in [0.3, 0.4) is 0 Å². The largest absolute Gasteiger partial charge is 0.371 e. The fraction of sp³-hybridized carbons (Fsp3) is 0.385. The van der Waals surface area contributed by atoms with Crippen molar-refractivity contribution in [3.63, 3.8) is 0 Å². The number of anilines is 1. The minimum absolute atomic E-state index is 0.0924. The van der Waals surface area contributed by atoms with Crippen molar-refractivity contribution < 1.29 is 9.18 Å². The molecule has 1 fully saturated rings. The van der Waals surface area contributed by atoms with E-state index in [1.807, 2.05) is 11.0 Å². The molecule has 0 spiro atoms. The summed E-state index contributed by atoms with van der Waals surface area (Å²) in [5, 5.41) is 8.80. The van der Waals surface area contributed by atoms with E-state index in [1.54, 1.807) is 6.07 Å². The van der Waals surface area contributed by atoms with Crippen LogP contribution in [0, 0.1) is 23.1 Å². The fourth-order valence-electron chi connectivity index (χ4n) is 2.24. The van der Waals surface area contributed by atoms with Gasteiger partial charge in [0.2, 0.25) is 5.91 Å². The lowest BCUT2D eigenvalue weighted by atomic mass is 9.96. The third-order valence-electron chi connectivity index (χ3n) is 3.27. The molecule has 0 saturated carbocycles. The molecule has 0 atom stereocenters. The minimum atomic E-state index is -0.416. The van der Waals surface area contributed by atoms with Crippen LogP contribution in [0.2, 0.25) is 0 Å². The van der Waals surface area contributed by atoms with E-state index < -0.39 is 5.82 Å². The summed E-state index contributed by atoms with van der Waals surface area (Å²) in [5.41, 5.74) is 6.26. The quantitative estimate of drug-likeness (QED) is 0.858. The zero-order chi connectivity index (χ0) is 13.1. The van der Waals surface area contributed by atoms with Gasteiger partial charge in [-0.1, -0.05) is 0 Å². The van der Waals surface area contributed by atoms with Crippen LogP contribution in [0.25, 0.3) is 0 Å². The summed E-state index contributed by atoms with van der Waals surface area (Å²) in [6, 6.07) is 6.21. The van der Waals surface area contributed by atoms with Gasteiger partial charge in [0.1, 0.15) is 5.82 Å². The lowest BCUT2D eigenvalue weighted by Gasteiger charge is -2.32. The maximum absolute atomic E-state index is 13.3. The average Bonchev–Trinajstić information content (AvgIpc) is 2.38. The predicted octanol–water partition coefficient (Wildman–Crippen LogP) is 1.40. The summed E-state index contributed by atoms with van der Waals surface area (Å²) in [5.74, 6) is -0.780. The summed E-state index contributed by atoms with van der Waals surface area (Å²) in [6.45, 7) is 1.31. The number of rotatable bonds is 2. The predicted molar refractivity (Wildman–Crippen MR) is 65.2 cm³/mol. The first-order chi connectivity index (χ1) is 8.60. The van der Waals surface area contributed by atoms with E-state index in [0.29, 0.717) is 37.2 Å². The van der Waals surface area contributed by atoms with E-state index in [1.165, 1.54) is 12.1 Å². The van der Waals surface area contributed by atoms with Gasteiger partial charge in [0, 0.05) is 24.7 Å². The minimum Gasteiger partial charge on any atom is -0.371 e. The van der Waals surface area contributed by atoms with Crippen LogP contribution in [0.1, 0.15) is 18.4 Å². The highest BCUT2D eigenvalue weighted by atomic mass is 19.1. The number of nitriles is 1. The van der Waals surface area contributed by atoms with Crippen molar-refractivity contribution >= 4 is 11.6 Å². The summed E-state index contributed by atoms with van der Waals surface area (Å²) >= 11 is 0. The fourth-order valence-corrected chi connectivity index (χ4v) is 2.24. The number of hydrogen-bond donors (Lipinski definition) is 1. The van der Waals surface area contributed by atoms with Crippen molar-refractivity contribution in [2.75, 3.05) is 18.0 Å². The number of carbonyl (C=O) groups is 1. The van der Waals surface area contributed by atoms with Crippen LogP contribution in [-0.4, -0.2) is 19.0 Å². The Bertz CT molecular complexity index is 501. The summed E-state index contributed by atoms with van der Waals surface area (Å²) in [7, 11) is 0. The number of nitrogens with zero attached hydrogens (tertiary/aromatic N) is 2. The van der Waals surface area contributed by atoms with Crippen LogP contribution in [0.15, 0.2) is 18.2 Å². The number of benzene rings is 1. The molecule has 5 heteroatoms. The molecule has 1 aromatic rings. The maximum Gasteiger partial charge on any atom is 0.220 e. The van der Waals surface area contributed by atoms with E-state index in [-0.39, 0.29) is 11.8 Å². The number of halogens is 1. The molecule has 4 nitrogen and oxygen atoms in total. The van der Waals surface area contributed by atoms with Crippen LogP contribution in [0.4, 0.5) is 10.1 Å². The summed E-state index contributed by atoms with van der Waals surface area (Å²) in [6.07, 6.45) is 1.35. The van der Waals surface area contributed by atoms with Gasteiger partial charge in [0.25, 0.3) is 0 Å². The second kappa shape index (κ2) is 5.05. The van der Waals surface area contributed by atoms with E-state index in [0.717, 1.165) is 0 Å². The molecule has 1 saturated heterocycles. The maximum atomic E-state index is 13.3. The van der Waals surface area contributed by atoms with Crippen LogP contribution >= 0.6 is 0 Å². The highest BCUT2D eigenvalue weighted by Gasteiger charge is 2.23. The van der Waals surface area contributed by atoms with Crippen molar-refractivity contribution in [1.29, 1.82) is 5.26 Å². The SMILES string of the molecule is N#Cc1cc(F)cc(N2CCC(C(N)=O)CC2)c1. The summed E-state index contributed by atoms with van der Waals surface area (Å²) in [4.78, 5) is 13.0. The lowest BCUT2D eigenvalue weighted by Crippen LogP contribution is -2.38. The molecule has 0 radical (unpaired) electrons. The van der Waals surface area contributed by atoms with E-state index in [4.69, 9.17) is 11.0 Å². The van der Waals surface area contributed by atoms with Crippen molar-refractivity contribution in [2.45, 2.75) is 12.8 Å². The number of hydrogen-bond acceptors (Lipinski definition) is 3. The number of piperidine rings is 1. The highest BCUT2D eigenvalue weighted by Crippen LogP contribution is 2.24. The number of carbonyl (C=O) groups excluding carboxylic acids is 1. The zero-order valence-electron chi connectivity index (χ0n) is 9.90. The van der Waals surface area contributed by atoms with Gasteiger partial charge in [-0.05, 0) is 31.0 Å². The zero-order valence-corrected chi connectivity index (χ0v) is 9.90. The Labute approximate surface area is 105 Å². The molecule has 2 N–H and O–H groups in total. The van der Waals surface area contributed by atoms with Crippen molar-refractivity contribution in [1.82, 2.24) is 0 Å². The molecule has 1 aliphatic rings. The highest BCUT2D eigenvalue weighted by molar-refractivity contribution is 5.77. The second-order valence-corrected chi connectivity index (χ2v) is 4.47. The Morgan fingerprint density at radius 2 is 2.06 bits per heavy atom. The number of primary amides is 1. The standard InChI is InChI=1S/C13H14FN3O/c14-11-5-9(8-15)6-12(7-11)17-3-1-10(2-4-17)13(16)18/h5-7,10H,1-4H2,(H2,16,18). The van der Waals surface area contributed by atoms with Crippen LogP contribution in [0.5, 0.6) is 0 Å². The normalized spacial score (nSPS) is 16.3. The van der Waals surface area contributed by atoms with Gasteiger partial charge < -0.3 is 10.6 Å². The van der Waals surface area contributed by atoms with Crippen molar-refractivity contribution in [2.24, 2.45) is 11.7 Å². The Kier molecular flexibility index (Phi) is 3.47. The van der Waals surface area contributed by atoms with Crippen LogP contribution in [-0.2, 0) is 4.79 Å². The molecule has 2 rings (SSSR count). The first-order valence-electron chi connectivity index (χ1n) is 5.85. The first-order valence-corrected chi connectivity index (χ1v) is 5.85. The smallest absolute Gasteiger partial charge is 0.220 e. The van der Waals surface area contributed by atoms with Gasteiger partial charge in [-0.3, -0.25) is 4.79 Å². The molecular weight excluding hydrogens is 233 g/mol. The number of nitrogens with two attached hydrogens (primary N) is 1. The second-order valence-electron chi connectivity index (χ2n) is 4.47. The van der Waals surface area contributed by atoms with Gasteiger partial charge in [-0.2, -0.15) is 5.26 Å². The molecule has 1 heterocycles. The Morgan fingerprint density at radius 3 is 2.61 bits per heavy atom. The molecular formula is C13H14FN3O. The number of amides is 1. The van der Waals surface area contributed by atoms with Crippen molar-refractivity contribution in [3.8, 4) is 6.07 Å². The van der Waals surface area contributed by atoms with Gasteiger partial charge in [0.15, 0.2) is 0 Å². The third-order valence-corrected chi connectivity index (χ3v) is 3.27. The van der Waals surface area contributed by atoms with Crippen molar-refractivity contribution in [3.05, 3.63) is 29.6 Å². The Morgan fingerprint density at radius 1 is 1.39 bits per heavy atom. The van der Waals surface area contributed by atoms with Gasteiger partial charge >= 0.3 is 0 Å². The third kappa shape index (κ3) is 2.59. The molecule has 0 unspecified atom stereocenters. The van der Waals surface area contributed by atoms with Gasteiger partial charge in [-0.15, -0.1) is 0 Å². The van der Waals surface area contributed by atoms with E-state index in [9.17, 15) is 9.18 Å². The lowest BCUT2D eigenvalue weighted by molar-refractivity contribution is -0.122. The molecule has 0 aromatic heterocycles. The monoisotopic (exact) mass is 247 g/mol. The molecule has 1 aliphatic heterocycles. The molecule has 1 amide bonds. The molecule has 18 heavy (non-hydrogen) atoms. The average molecular weight is 247 g/mol. The molecule has 94 valence electrons. The Hall–Kier alpha value is -2.09. The van der Waals surface area contributed by atoms with E-state index in [2.05, 4.69) is 0 Å².